The van der Waals surface area contributed by atoms with Crippen molar-refractivity contribution in [3.05, 3.63) is 29.3 Å². The molecule has 0 unspecified atom stereocenters. The van der Waals surface area contributed by atoms with Gasteiger partial charge in [-0.25, -0.2) is 0 Å². The Labute approximate surface area is 110 Å². The van der Waals surface area contributed by atoms with E-state index in [9.17, 15) is 4.79 Å². The van der Waals surface area contributed by atoms with Crippen LogP contribution in [0.25, 0.3) is 0 Å². The predicted molar refractivity (Wildman–Crippen MR) is 75.3 cm³/mol. The zero-order valence-corrected chi connectivity index (χ0v) is 12.2. The maximum atomic E-state index is 11.5. The van der Waals surface area contributed by atoms with Crippen LogP contribution < -0.4 is 4.74 Å². The summed E-state index contributed by atoms with van der Waals surface area (Å²) >= 11 is 0. The Morgan fingerprint density at radius 1 is 1.28 bits per heavy atom. The molecule has 18 heavy (non-hydrogen) atoms. The van der Waals surface area contributed by atoms with Gasteiger partial charge < -0.3 is 4.74 Å². The number of aryl methyl sites for hydroxylation is 1. The van der Waals surface area contributed by atoms with Gasteiger partial charge in [-0.1, -0.05) is 39.8 Å². The van der Waals surface area contributed by atoms with Gasteiger partial charge in [-0.15, -0.1) is 0 Å². The molecule has 0 fully saturated rings. The molecule has 100 valence electrons. The first-order valence-corrected chi connectivity index (χ1v) is 6.60. The van der Waals surface area contributed by atoms with Crippen LogP contribution in [0, 0.1) is 6.92 Å². The Morgan fingerprint density at radius 2 is 1.94 bits per heavy atom. The van der Waals surface area contributed by atoms with Crippen molar-refractivity contribution in [2.45, 2.75) is 52.9 Å². The third-order valence-corrected chi connectivity index (χ3v) is 2.86. The second-order valence-corrected chi connectivity index (χ2v) is 5.83. The summed E-state index contributed by atoms with van der Waals surface area (Å²) in [5.41, 5.74) is 2.33. The van der Waals surface area contributed by atoms with Gasteiger partial charge in [-0.2, -0.15) is 0 Å². The highest BCUT2D eigenvalue weighted by atomic mass is 16.5. The van der Waals surface area contributed by atoms with E-state index in [0.29, 0.717) is 6.42 Å². The Morgan fingerprint density at radius 3 is 2.50 bits per heavy atom. The highest BCUT2D eigenvalue weighted by molar-refractivity contribution is 5.79. The fourth-order valence-corrected chi connectivity index (χ4v) is 1.88. The minimum absolute atomic E-state index is 0.0246. The molecule has 0 spiro atoms. The van der Waals surface area contributed by atoms with Crippen molar-refractivity contribution in [3.63, 3.8) is 0 Å². The maximum absolute atomic E-state index is 11.5. The smallest absolute Gasteiger partial charge is 0.170 e. The molecule has 2 nitrogen and oxygen atoms in total. The summed E-state index contributed by atoms with van der Waals surface area (Å²) in [6, 6.07) is 6.19. The number of hydrogen-bond donors (Lipinski definition) is 0. The molecule has 0 amide bonds. The molecular formula is C16H24O2. The largest absolute Gasteiger partial charge is 0.486 e. The van der Waals surface area contributed by atoms with Crippen molar-refractivity contribution >= 4 is 5.78 Å². The van der Waals surface area contributed by atoms with E-state index in [1.165, 1.54) is 0 Å². The molecule has 0 heterocycles. The van der Waals surface area contributed by atoms with Crippen LogP contribution in [0.2, 0.25) is 0 Å². The molecule has 1 aromatic carbocycles. The fraction of sp³-hybridized carbons (Fsp3) is 0.562. The summed E-state index contributed by atoms with van der Waals surface area (Å²) in [7, 11) is 0. The molecule has 0 aromatic heterocycles. The SMILES string of the molecule is CCCC(=O)COc1cc(C)ccc1C(C)(C)C. The van der Waals surface area contributed by atoms with E-state index < -0.39 is 0 Å². The summed E-state index contributed by atoms with van der Waals surface area (Å²) in [4.78, 5) is 11.5. The van der Waals surface area contributed by atoms with Crippen LogP contribution in [-0.4, -0.2) is 12.4 Å². The van der Waals surface area contributed by atoms with Crippen LogP contribution in [0.3, 0.4) is 0 Å². The van der Waals surface area contributed by atoms with Crippen LogP contribution in [0.5, 0.6) is 5.75 Å². The summed E-state index contributed by atoms with van der Waals surface area (Å²) in [5, 5.41) is 0. The van der Waals surface area contributed by atoms with Gasteiger partial charge in [0.1, 0.15) is 12.4 Å². The molecular weight excluding hydrogens is 224 g/mol. The highest BCUT2D eigenvalue weighted by Crippen LogP contribution is 2.32. The molecule has 0 N–H and O–H groups in total. The number of Topliss-reactive ketones (excluding diaryl/α,β-unsaturated/α-hetero) is 1. The maximum Gasteiger partial charge on any atom is 0.170 e. The fourth-order valence-electron chi connectivity index (χ4n) is 1.88. The first-order chi connectivity index (χ1) is 8.34. The predicted octanol–water partition coefficient (Wildman–Crippen LogP) is 4.04. The standard InChI is InChI=1S/C16H24O2/c1-6-7-13(17)11-18-15-10-12(2)8-9-14(15)16(3,4)5/h8-10H,6-7,11H2,1-5H3. The van der Waals surface area contributed by atoms with Gasteiger partial charge in [0.05, 0.1) is 0 Å². The van der Waals surface area contributed by atoms with Crippen molar-refractivity contribution in [1.82, 2.24) is 0 Å². The number of carbonyl (C=O) groups is 1. The van der Waals surface area contributed by atoms with Crippen LogP contribution >= 0.6 is 0 Å². The second-order valence-electron chi connectivity index (χ2n) is 5.83. The molecule has 0 aliphatic heterocycles. The molecule has 1 aromatic rings. The Bertz CT molecular complexity index is 414. The van der Waals surface area contributed by atoms with Crippen molar-refractivity contribution in [3.8, 4) is 5.75 Å². The molecule has 0 saturated heterocycles. The normalized spacial score (nSPS) is 11.4. The average Bonchev–Trinajstić information content (AvgIpc) is 2.25. The average molecular weight is 248 g/mol. The van der Waals surface area contributed by atoms with E-state index in [-0.39, 0.29) is 17.8 Å². The second kappa shape index (κ2) is 6.03. The molecule has 1 rings (SSSR count). The van der Waals surface area contributed by atoms with Gasteiger partial charge in [0.2, 0.25) is 0 Å². The van der Waals surface area contributed by atoms with E-state index in [2.05, 4.69) is 32.9 Å². The third-order valence-electron chi connectivity index (χ3n) is 2.86. The zero-order chi connectivity index (χ0) is 13.8. The van der Waals surface area contributed by atoms with Gasteiger partial charge in [0.25, 0.3) is 0 Å². The monoisotopic (exact) mass is 248 g/mol. The van der Waals surface area contributed by atoms with Crippen molar-refractivity contribution in [2.75, 3.05) is 6.61 Å². The van der Waals surface area contributed by atoms with Crippen LogP contribution in [0.4, 0.5) is 0 Å². The van der Waals surface area contributed by atoms with E-state index in [1.54, 1.807) is 0 Å². The number of hydrogen-bond acceptors (Lipinski definition) is 2. The lowest BCUT2D eigenvalue weighted by Gasteiger charge is -2.23. The van der Waals surface area contributed by atoms with E-state index >= 15 is 0 Å². The summed E-state index contributed by atoms with van der Waals surface area (Å²) in [5.74, 6) is 1.01. The van der Waals surface area contributed by atoms with Gasteiger partial charge in [-0.05, 0) is 36.0 Å². The van der Waals surface area contributed by atoms with Crippen molar-refractivity contribution in [1.29, 1.82) is 0 Å². The molecule has 0 saturated carbocycles. The number of ether oxygens (including phenoxy) is 1. The summed E-state index contributed by atoms with van der Waals surface area (Å²) in [6.07, 6.45) is 1.47. The van der Waals surface area contributed by atoms with Gasteiger partial charge in [-0.3, -0.25) is 4.79 Å². The first-order valence-electron chi connectivity index (χ1n) is 6.60. The lowest BCUT2D eigenvalue weighted by atomic mass is 9.86. The molecule has 0 atom stereocenters. The summed E-state index contributed by atoms with van der Waals surface area (Å²) < 4.78 is 5.71. The highest BCUT2D eigenvalue weighted by Gasteiger charge is 2.19. The Hall–Kier alpha value is -1.31. The molecule has 0 aliphatic rings. The van der Waals surface area contributed by atoms with Crippen LogP contribution in [0.1, 0.15) is 51.7 Å². The molecule has 0 aliphatic carbocycles. The van der Waals surface area contributed by atoms with E-state index in [0.717, 1.165) is 23.3 Å². The lowest BCUT2D eigenvalue weighted by molar-refractivity contribution is -0.121. The first kappa shape index (κ1) is 14.7. The summed E-state index contributed by atoms with van der Waals surface area (Å²) in [6.45, 7) is 10.7. The third kappa shape index (κ3) is 4.17. The number of rotatable bonds is 5. The molecule has 0 bridgehead atoms. The van der Waals surface area contributed by atoms with Crippen LogP contribution in [-0.2, 0) is 10.2 Å². The van der Waals surface area contributed by atoms with Gasteiger partial charge >= 0.3 is 0 Å². The Balaban J connectivity index is 2.86. The van der Waals surface area contributed by atoms with Crippen molar-refractivity contribution in [2.24, 2.45) is 0 Å². The van der Waals surface area contributed by atoms with Gasteiger partial charge in [0, 0.05) is 6.42 Å². The van der Waals surface area contributed by atoms with Crippen molar-refractivity contribution < 1.29 is 9.53 Å². The molecule has 2 heteroatoms. The minimum atomic E-state index is 0.0246. The lowest BCUT2D eigenvalue weighted by Crippen LogP contribution is -2.16. The van der Waals surface area contributed by atoms with Crippen LogP contribution in [0.15, 0.2) is 18.2 Å². The minimum Gasteiger partial charge on any atom is -0.486 e. The van der Waals surface area contributed by atoms with Gasteiger partial charge in [0.15, 0.2) is 5.78 Å². The number of benzene rings is 1. The van der Waals surface area contributed by atoms with E-state index in [1.807, 2.05) is 19.9 Å². The number of carbonyl (C=O) groups excluding carboxylic acids is 1. The zero-order valence-electron chi connectivity index (χ0n) is 12.2. The van der Waals surface area contributed by atoms with E-state index in [4.69, 9.17) is 4.74 Å². The molecule has 0 radical (unpaired) electrons. The Kier molecular flexibility index (Phi) is 4.94. The quantitative estimate of drug-likeness (QED) is 0.786. The topological polar surface area (TPSA) is 26.3 Å². The number of ketones is 1.